The lowest BCUT2D eigenvalue weighted by molar-refractivity contribution is 0.102. The van der Waals surface area contributed by atoms with Crippen LogP contribution in [-0.4, -0.2) is 21.4 Å². The number of carbonyl (C=O) groups excluding carboxylic acids is 1. The first-order valence-corrected chi connectivity index (χ1v) is 10.5. The Balaban J connectivity index is 1.90. The highest BCUT2D eigenvalue weighted by atomic mass is 35.5. The first kappa shape index (κ1) is 20.7. The van der Waals surface area contributed by atoms with Crippen molar-refractivity contribution in [1.82, 2.24) is 0 Å². The third-order valence-electron chi connectivity index (χ3n) is 4.11. The number of para-hydroxylation sites is 2. The smallest absolute Gasteiger partial charge is 0.263 e. The summed E-state index contributed by atoms with van der Waals surface area (Å²) in [4.78, 5) is 12.4. The van der Waals surface area contributed by atoms with Gasteiger partial charge in [-0.25, -0.2) is 8.42 Å². The lowest BCUT2D eigenvalue weighted by Gasteiger charge is -2.13. The monoisotopic (exact) mass is 430 g/mol. The number of amides is 1. The molecule has 8 heteroatoms. The Kier molecular flexibility index (Phi) is 6.10. The molecule has 0 aliphatic heterocycles. The second kappa shape index (κ2) is 8.55. The van der Waals surface area contributed by atoms with E-state index in [1.807, 2.05) is 25.1 Å². The molecule has 3 rings (SSSR count). The molecule has 0 saturated heterocycles. The predicted octanol–water partition coefficient (Wildman–Crippen LogP) is 4.71. The number of benzene rings is 3. The number of aryl methyl sites for hydroxylation is 1. The molecule has 1 amide bonds. The molecule has 0 radical (unpaired) electrons. The van der Waals surface area contributed by atoms with E-state index < -0.39 is 15.9 Å². The van der Waals surface area contributed by atoms with Crippen molar-refractivity contribution in [1.29, 1.82) is 0 Å². The minimum atomic E-state index is -4.05. The molecule has 0 saturated carbocycles. The van der Waals surface area contributed by atoms with Crippen LogP contribution in [0.25, 0.3) is 0 Å². The average Bonchev–Trinajstić information content (AvgIpc) is 2.68. The van der Waals surface area contributed by atoms with Gasteiger partial charge in [0.25, 0.3) is 15.9 Å². The number of ether oxygens (including phenoxy) is 1. The summed E-state index contributed by atoms with van der Waals surface area (Å²) in [6.07, 6.45) is 0. The highest BCUT2D eigenvalue weighted by Crippen LogP contribution is 2.29. The first-order valence-electron chi connectivity index (χ1n) is 8.63. The summed E-state index contributed by atoms with van der Waals surface area (Å²) in [6, 6.07) is 18.0. The maximum absolute atomic E-state index is 12.9. The zero-order valence-electron chi connectivity index (χ0n) is 15.8. The van der Waals surface area contributed by atoms with Gasteiger partial charge in [-0.05, 0) is 55.0 Å². The Morgan fingerprint density at radius 2 is 1.76 bits per heavy atom. The Labute approximate surface area is 174 Å². The zero-order valence-corrected chi connectivity index (χ0v) is 17.3. The lowest BCUT2D eigenvalue weighted by Crippen LogP contribution is -2.17. The van der Waals surface area contributed by atoms with E-state index in [4.69, 9.17) is 16.3 Å². The molecule has 0 spiro atoms. The third-order valence-corrected chi connectivity index (χ3v) is 5.96. The number of carbonyl (C=O) groups is 1. The molecular formula is C21H19ClN2O4S. The number of anilines is 2. The molecule has 3 aromatic carbocycles. The summed E-state index contributed by atoms with van der Waals surface area (Å²) in [5.41, 5.74) is 2.03. The fourth-order valence-corrected chi connectivity index (χ4v) is 4.30. The normalized spacial score (nSPS) is 11.0. The highest BCUT2D eigenvalue weighted by molar-refractivity contribution is 7.92. The van der Waals surface area contributed by atoms with Gasteiger partial charge in [0.15, 0.2) is 0 Å². The highest BCUT2D eigenvalue weighted by Gasteiger charge is 2.22. The van der Waals surface area contributed by atoms with Crippen LogP contribution in [0.1, 0.15) is 15.9 Å². The molecule has 3 aromatic rings. The van der Waals surface area contributed by atoms with Crippen molar-refractivity contribution in [3.05, 3.63) is 82.9 Å². The van der Waals surface area contributed by atoms with Gasteiger partial charge in [0, 0.05) is 11.3 Å². The van der Waals surface area contributed by atoms with Crippen LogP contribution in [0.3, 0.4) is 0 Å². The first-order chi connectivity index (χ1) is 13.8. The molecule has 2 N–H and O–H groups in total. The van der Waals surface area contributed by atoms with E-state index in [0.717, 1.165) is 5.56 Å². The summed E-state index contributed by atoms with van der Waals surface area (Å²) < 4.78 is 33.4. The van der Waals surface area contributed by atoms with Crippen molar-refractivity contribution in [3.63, 3.8) is 0 Å². The predicted molar refractivity (Wildman–Crippen MR) is 114 cm³/mol. The molecule has 0 fully saturated rings. The number of methoxy groups -OCH3 is 1. The SMILES string of the molecule is COc1ccccc1NS(=O)(=O)c1cc(C(=O)Nc2cccc(C)c2)ccc1Cl. The number of hydrogen-bond donors (Lipinski definition) is 2. The molecule has 0 unspecified atom stereocenters. The van der Waals surface area contributed by atoms with Gasteiger partial charge >= 0.3 is 0 Å². The van der Waals surface area contributed by atoms with E-state index in [1.165, 1.54) is 25.3 Å². The van der Waals surface area contributed by atoms with Gasteiger partial charge in [0.1, 0.15) is 10.6 Å². The van der Waals surface area contributed by atoms with Crippen LogP contribution >= 0.6 is 11.6 Å². The molecule has 0 aromatic heterocycles. The fraction of sp³-hybridized carbons (Fsp3) is 0.0952. The molecule has 0 aliphatic carbocycles. The van der Waals surface area contributed by atoms with Crippen LogP contribution in [0.15, 0.2) is 71.6 Å². The van der Waals surface area contributed by atoms with E-state index in [2.05, 4.69) is 10.0 Å². The molecule has 0 bridgehead atoms. The third kappa shape index (κ3) is 4.88. The largest absolute Gasteiger partial charge is 0.495 e. The van der Waals surface area contributed by atoms with Crippen molar-refractivity contribution in [2.75, 3.05) is 17.1 Å². The molecule has 6 nitrogen and oxygen atoms in total. The summed E-state index contributed by atoms with van der Waals surface area (Å²) in [5.74, 6) is -0.0819. The topological polar surface area (TPSA) is 84.5 Å². The minimum Gasteiger partial charge on any atom is -0.495 e. The van der Waals surface area contributed by atoms with Crippen molar-refractivity contribution < 1.29 is 17.9 Å². The Morgan fingerprint density at radius 1 is 1.00 bits per heavy atom. The summed E-state index contributed by atoms with van der Waals surface area (Å²) in [5, 5.41) is 2.75. The van der Waals surface area contributed by atoms with Crippen molar-refractivity contribution in [2.24, 2.45) is 0 Å². The van der Waals surface area contributed by atoms with Gasteiger partial charge in [0.05, 0.1) is 17.8 Å². The van der Waals surface area contributed by atoms with Gasteiger partial charge in [-0.3, -0.25) is 9.52 Å². The standard InChI is InChI=1S/C21H19ClN2O4S/c1-14-6-5-7-16(12-14)23-21(25)15-10-11-17(22)20(13-15)29(26,27)24-18-8-3-4-9-19(18)28-2/h3-13,24H,1-2H3,(H,23,25). The number of hydrogen-bond acceptors (Lipinski definition) is 4. The number of rotatable bonds is 6. The van der Waals surface area contributed by atoms with E-state index in [1.54, 1.807) is 30.3 Å². The minimum absolute atomic E-state index is 0.000460. The molecule has 150 valence electrons. The molecule has 0 aliphatic rings. The van der Waals surface area contributed by atoms with Gasteiger partial charge in [-0.1, -0.05) is 35.9 Å². The Bertz CT molecular complexity index is 1160. The number of halogens is 1. The van der Waals surface area contributed by atoms with Crippen LogP contribution in [0, 0.1) is 6.92 Å². The maximum Gasteiger partial charge on any atom is 0.263 e. The van der Waals surface area contributed by atoms with Crippen LogP contribution in [-0.2, 0) is 10.0 Å². The van der Waals surface area contributed by atoms with E-state index in [9.17, 15) is 13.2 Å². The van der Waals surface area contributed by atoms with E-state index >= 15 is 0 Å². The van der Waals surface area contributed by atoms with Crippen LogP contribution < -0.4 is 14.8 Å². The zero-order chi connectivity index (χ0) is 21.0. The second-order valence-electron chi connectivity index (χ2n) is 6.27. The number of sulfonamides is 1. The van der Waals surface area contributed by atoms with Gasteiger partial charge in [0.2, 0.25) is 0 Å². The fourth-order valence-electron chi connectivity index (χ4n) is 2.71. The number of nitrogens with one attached hydrogen (secondary N) is 2. The van der Waals surface area contributed by atoms with E-state index in [-0.39, 0.29) is 21.2 Å². The van der Waals surface area contributed by atoms with Crippen LogP contribution in [0.2, 0.25) is 5.02 Å². The molecule has 0 atom stereocenters. The van der Waals surface area contributed by atoms with E-state index in [0.29, 0.717) is 11.4 Å². The molecule has 0 heterocycles. The average molecular weight is 431 g/mol. The Hall–Kier alpha value is -3.03. The lowest BCUT2D eigenvalue weighted by atomic mass is 10.2. The summed E-state index contributed by atoms with van der Waals surface area (Å²) in [6.45, 7) is 1.91. The summed E-state index contributed by atoms with van der Waals surface area (Å²) in [7, 11) is -2.61. The van der Waals surface area contributed by atoms with Crippen LogP contribution in [0.4, 0.5) is 11.4 Å². The Morgan fingerprint density at radius 3 is 2.48 bits per heavy atom. The van der Waals surface area contributed by atoms with Gasteiger partial charge in [-0.15, -0.1) is 0 Å². The van der Waals surface area contributed by atoms with Crippen LogP contribution in [0.5, 0.6) is 5.75 Å². The van der Waals surface area contributed by atoms with Crippen molar-refractivity contribution >= 4 is 38.9 Å². The quantitative estimate of drug-likeness (QED) is 0.593. The van der Waals surface area contributed by atoms with Gasteiger partial charge in [-0.2, -0.15) is 0 Å². The second-order valence-corrected chi connectivity index (χ2v) is 8.33. The maximum atomic E-state index is 12.9. The summed E-state index contributed by atoms with van der Waals surface area (Å²) >= 11 is 6.12. The molecule has 29 heavy (non-hydrogen) atoms. The van der Waals surface area contributed by atoms with Crippen molar-refractivity contribution in [2.45, 2.75) is 11.8 Å². The van der Waals surface area contributed by atoms with Gasteiger partial charge < -0.3 is 10.1 Å². The molecular weight excluding hydrogens is 412 g/mol. The van der Waals surface area contributed by atoms with Crippen molar-refractivity contribution in [3.8, 4) is 5.75 Å².